The van der Waals surface area contributed by atoms with Crippen LogP contribution in [0.25, 0.3) is 0 Å². The minimum Gasteiger partial charge on any atom is -0.493 e. The maximum absolute atomic E-state index is 5.59. The zero-order chi connectivity index (χ0) is 19.7. The van der Waals surface area contributed by atoms with Crippen LogP contribution in [0, 0.1) is 0 Å². The van der Waals surface area contributed by atoms with E-state index < -0.39 is 0 Å². The van der Waals surface area contributed by atoms with Crippen molar-refractivity contribution in [1.29, 1.82) is 0 Å². The number of methoxy groups -OCH3 is 4. The van der Waals surface area contributed by atoms with Crippen LogP contribution in [0.4, 0.5) is 0 Å². The van der Waals surface area contributed by atoms with Gasteiger partial charge < -0.3 is 18.9 Å². The summed E-state index contributed by atoms with van der Waals surface area (Å²) < 4.78 is 22.1. The molecule has 0 unspecified atom stereocenters. The highest BCUT2D eigenvalue weighted by Crippen LogP contribution is 2.45. The van der Waals surface area contributed by atoms with Crippen molar-refractivity contribution in [2.45, 2.75) is 37.6 Å². The van der Waals surface area contributed by atoms with E-state index in [9.17, 15) is 0 Å². The van der Waals surface area contributed by atoms with Crippen molar-refractivity contribution in [1.82, 2.24) is 0 Å². The number of nitrogens with zero attached hydrogens (tertiary/aromatic N) is 1. The smallest absolute Gasteiger partial charge is 0.161 e. The monoisotopic (exact) mass is 381 g/mol. The van der Waals surface area contributed by atoms with Crippen LogP contribution in [0.3, 0.4) is 0 Å². The molecule has 1 heterocycles. The van der Waals surface area contributed by atoms with E-state index in [1.165, 1.54) is 18.4 Å². The van der Waals surface area contributed by atoms with E-state index in [-0.39, 0.29) is 0 Å². The Morgan fingerprint density at radius 1 is 0.750 bits per heavy atom. The highest BCUT2D eigenvalue weighted by molar-refractivity contribution is 6.15. The van der Waals surface area contributed by atoms with Gasteiger partial charge in [0.15, 0.2) is 23.0 Å². The van der Waals surface area contributed by atoms with E-state index in [0.717, 1.165) is 41.2 Å². The van der Waals surface area contributed by atoms with Gasteiger partial charge in [-0.15, -0.1) is 0 Å². The second-order valence-corrected chi connectivity index (χ2v) is 7.30. The highest BCUT2D eigenvalue weighted by Gasteiger charge is 2.34. The molecule has 1 aliphatic carbocycles. The van der Waals surface area contributed by atoms with Gasteiger partial charge in [0.1, 0.15) is 0 Å². The summed E-state index contributed by atoms with van der Waals surface area (Å²) in [5.41, 5.74) is 4.44. The summed E-state index contributed by atoms with van der Waals surface area (Å²) in [5, 5.41) is 0. The van der Waals surface area contributed by atoms with Crippen LogP contribution >= 0.6 is 0 Å². The van der Waals surface area contributed by atoms with Crippen molar-refractivity contribution in [2.75, 3.05) is 28.4 Å². The molecule has 0 radical (unpaired) electrons. The lowest BCUT2D eigenvalue weighted by atomic mass is 9.75. The first-order valence-corrected chi connectivity index (χ1v) is 9.76. The number of fused-ring (bicyclic) bond motifs is 3. The van der Waals surface area contributed by atoms with Crippen LogP contribution in [0.2, 0.25) is 0 Å². The van der Waals surface area contributed by atoms with Crippen LogP contribution in [0.5, 0.6) is 23.0 Å². The van der Waals surface area contributed by atoms with Crippen LogP contribution in [0.15, 0.2) is 35.3 Å². The maximum atomic E-state index is 5.59. The zero-order valence-electron chi connectivity index (χ0n) is 17.0. The standard InChI is InChI=1S/C23H27NO4/c1-25-19-10-9-14(11-20(19)26-2)23-17-13-22(28-4)21(27-3)12-16(17)15-7-5-6-8-18(15)24-23/h9-13,15,18H,5-8H2,1-4H3/t15-,18-/m1/s1. The van der Waals surface area contributed by atoms with Gasteiger partial charge in [0.05, 0.1) is 40.2 Å². The fourth-order valence-electron chi connectivity index (χ4n) is 4.48. The first kappa shape index (κ1) is 18.7. The molecular formula is C23H27NO4. The number of hydrogen-bond acceptors (Lipinski definition) is 5. The molecule has 0 bridgehead atoms. The van der Waals surface area contributed by atoms with Crippen LogP contribution in [-0.4, -0.2) is 40.2 Å². The molecule has 2 atom stereocenters. The molecule has 0 amide bonds. The average molecular weight is 381 g/mol. The van der Waals surface area contributed by atoms with Crippen molar-refractivity contribution in [3.05, 3.63) is 47.0 Å². The molecule has 5 nitrogen and oxygen atoms in total. The lowest BCUT2D eigenvalue weighted by molar-refractivity contribution is 0.349. The minimum absolute atomic E-state index is 0.308. The number of ether oxygens (including phenoxy) is 4. The van der Waals surface area contributed by atoms with E-state index in [4.69, 9.17) is 23.9 Å². The van der Waals surface area contributed by atoms with E-state index in [0.29, 0.717) is 23.5 Å². The fourth-order valence-corrected chi connectivity index (χ4v) is 4.48. The quantitative estimate of drug-likeness (QED) is 0.760. The lowest BCUT2D eigenvalue weighted by Crippen LogP contribution is -2.29. The van der Waals surface area contributed by atoms with E-state index >= 15 is 0 Å². The fraction of sp³-hybridized carbons (Fsp3) is 0.435. The second kappa shape index (κ2) is 7.74. The number of hydrogen-bond donors (Lipinski definition) is 0. The topological polar surface area (TPSA) is 49.3 Å². The van der Waals surface area contributed by atoms with Crippen molar-refractivity contribution < 1.29 is 18.9 Å². The van der Waals surface area contributed by atoms with Crippen molar-refractivity contribution >= 4 is 5.71 Å². The Morgan fingerprint density at radius 2 is 1.39 bits per heavy atom. The Labute approximate surface area is 166 Å². The zero-order valence-corrected chi connectivity index (χ0v) is 17.0. The number of aliphatic imine (C=N–C) groups is 1. The normalized spacial score (nSPS) is 20.5. The summed E-state index contributed by atoms with van der Waals surface area (Å²) in [6, 6.07) is 10.5. The summed E-state index contributed by atoms with van der Waals surface area (Å²) >= 11 is 0. The predicted octanol–water partition coefficient (Wildman–Crippen LogP) is 4.60. The Kier molecular flexibility index (Phi) is 5.16. The largest absolute Gasteiger partial charge is 0.493 e. The molecule has 0 saturated heterocycles. The molecule has 2 aromatic carbocycles. The third kappa shape index (κ3) is 3.09. The number of rotatable bonds is 5. The van der Waals surface area contributed by atoms with Gasteiger partial charge in [0.2, 0.25) is 0 Å². The summed E-state index contributed by atoms with van der Waals surface area (Å²) in [5.74, 6) is 3.36. The molecule has 1 aliphatic heterocycles. The molecule has 2 aromatic rings. The summed E-state index contributed by atoms with van der Waals surface area (Å²) in [4.78, 5) is 5.20. The number of benzene rings is 2. The molecule has 0 N–H and O–H groups in total. The molecule has 4 rings (SSSR count). The van der Waals surface area contributed by atoms with Gasteiger partial charge in [-0.2, -0.15) is 0 Å². The average Bonchev–Trinajstić information content (AvgIpc) is 2.76. The molecule has 1 fully saturated rings. The molecule has 5 heteroatoms. The Hall–Kier alpha value is -2.69. The summed E-state index contributed by atoms with van der Waals surface area (Å²) in [6.07, 6.45) is 4.76. The van der Waals surface area contributed by atoms with E-state index in [1.807, 2.05) is 18.2 Å². The van der Waals surface area contributed by atoms with Crippen molar-refractivity contribution in [3.63, 3.8) is 0 Å². The first-order chi connectivity index (χ1) is 13.7. The van der Waals surface area contributed by atoms with E-state index in [1.54, 1.807) is 28.4 Å². The van der Waals surface area contributed by atoms with Gasteiger partial charge in [-0.25, -0.2) is 0 Å². The van der Waals surface area contributed by atoms with Gasteiger partial charge >= 0.3 is 0 Å². The SMILES string of the molecule is COc1ccc(C2=N[C@@H]3CCCC[C@@H]3c3cc(OC)c(OC)cc32)cc1OC. The molecule has 28 heavy (non-hydrogen) atoms. The molecule has 148 valence electrons. The van der Waals surface area contributed by atoms with Gasteiger partial charge in [-0.05, 0) is 48.7 Å². The molecular weight excluding hydrogens is 354 g/mol. The first-order valence-electron chi connectivity index (χ1n) is 9.76. The Morgan fingerprint density at radius 3 is 2.11 bits per heavy atom. The molecule has 0 spiro atoms. The third-order valence-corrected chi connectivity index (χ3v) is 5.89. The van der Waals surface area contributed by atoms with E-state index in [2.05, 4.69) is 12.1 Å². The van der Waals surface area contributed by atoms with Gasteiger partial charge in [0, 0.05) is 17.0 Å². The minimum atomic E-state index is 0.308. The third-order valence-electron chi connectivity index (χ3n) is 5.89. The lowest BCUT2D eigenvalue weighted by Gasteiger charge is -2.35. The maximum Gasteiger partial charge on any atom is 0.161 e. The van der Waals surface area contributed by atoms with Crippen LogP contribution in [-0.2, 0) is 0 Å². The van der Waals surface area contributed by atoms with Crippen LogP contribution < -0.4 is 18.9 Å². The highest BCUT2D eigenvalue weighted by atomic mass is 16.5. The molecule has 2 aliphatic rings. The second-order valence-electron chi connectivity index (χ2n) is 7.30. The van der Waals surface area contributed by atoms with Gasteiger partial charge in [-0.3, -0.25) is 4.99 Å². The van der Waals surface area contributed by atoms with Crippen molar-refractivity contribution in [2.24, 2.45) is 4.99 Å². The summed E-state index contributed by atoms with van der Waals surface area (Å²) in [7, 11) is 6.66. The predicted molar refractivity (Wildman–Crippen MR) is 110 cm³/mol. The molecule has 1 saturated carbocycles. The van der Waals surface area contributed by atoms with Gasteiger partial charge in [0.25, 0.3) is 0 Å². The summed E-state index contributed by atoms with van der Waals surface area (Å²) in [6.45, 7) is 0. The Bertz CT molecular complexity index is 906. The van der Waals surface area contributed by atoms with Crippen LogP contribution in [0.1, 0.15) is 48.3 Å². The van der Waals surface area contributed by atoms with Gasteiger partial charge in [-0.1, -0.05) is 12.8 Å². The molecule has 0 aromatic heterocycles. The van der Waals surface area contributed by atoms with Crippen molar-refractivity contribution in [3.8, 4) is 23.0 Å². The Balaban J connectivity index is 1.89.